The normalized spacial score (nSPS) is 18.9. The van der Waals surface area contributed by atoms with Gasteiger partial charge in [-0.15, -0.1) is 0 Å². The number of rotatable bonds is 3. The molecule has 2 aromatic rings. The van der Waals surface area contributed by atoms with Gasteiger partial charge in [-0.25, -0.2) is 8.42 Å². The Hall–Kier alpha value is -2.34. The van der Waals surface area contributed by atoms with Gasteiger partial charge in [-0.1, -0.05) is 18.2 Å². The van der Waals surface area contributed by atoms with E-state index in [2.05, 4.69) is 5.32 Å². The third-order valence-electron chi connectivity index (χ3n) is 3.86. The second-order valence-corrected chi connectivity index (χ2v) is 7.59. The van der Waals surface area contributed by atoms with E-state index in [0.717, 1.165) is 16.9 Å². The number of ether oxygens (including phenoxy) is 1. The third-order valence-corrected chi connectivity index (χ3v) is 5.95. The molecule has 1 unspecified atom stereocenters. The molecular formula is C17H17NO4S. The van der Waals surface area contributed by atoms with Gasteiger partial charge >= 0.3 is 0 Å². The lowest BCUT2D eigenvalue weighted by molar-refractivity contribution is -0.115. The van der Waals surface area contributed by atoms with E-state index in [4.69, 9.17) is 4.74 Å². The summed E-state index contributed by atoms with van der Waals surface area (Å²) in [5, 5.41) is 1.55. The molecule has 6 heteroatoms. The van der Waals surface area contributed by atoms with Gasteiger partial charge in [-0.05, 0) is 49.2 Å². The molecule has 1 atom stereocenters. The van der Waals surface area contributed by atoms with Crippen LogP contribution in [0.4, 0.5) is 5.69 Å². The van der Waals surface area contributed by atoms with E-state index in [1.807, 2.05) is 31.2 Å². The van der Waals surface area contributed by atoms with Gasteiger partial charge in [0.1, 0.15) is 11.0 Å². The molecular weight excluding hydrogens is 314 g/mol. The van der Waals surface area contributed by atoms with Crippen LogP contribution in [0.15, 0.2) is 47.4 Å². The van der Waals surface area contributed by atoms with Crippen LogP contribution in [-0.4, -0.2) is 26.2 Å². The predicted octanol–water partition coefficient (Wildman–Crippen LogP) is 2.87. The molecule has 1 heterocycles. The smallest absolute Gasteiger partial charge is 0.242 e. The number of hydrogen-bond donors (Lipinski definition) is 1. The highest BCUT2D eigenvalue weighted by Gasteiger charge is 2.36. The number of benzene rings is 2. The topological polar surface area (TPSA) is 72.5 Å². The number of carbonyl (C=O) groups excluding carboxylic acids is 1. The number of fused-ring (bicyclic) bond motifs is 1. The molecule has 0 bridgehead atoms. The van der Waals surface area contributed by atoms with Crippen LogP contribution in [0, 0.1) is 0 Å². The first-order valence-electron chi connectivity index (χ1n) is 7.35. The summed E-state index contributed by atoms with van der Waals surface area (Å²) in [5.74, 6) is 0.232. The monoisotopic (exact) mass is 331 g/mol. The largest absolute Gasteiger partial charge is 0.494 e. The third kappa shape index (κ3) is 2.70. The van der Waals surface area contributed by atoms with Crippen molar-refractivity contribution in [3.8, 4) is 16.9 Å². The van der Waals surface area contributed by atoms with Crippen molar-refractivity contribution >= 4 is 21.4 Å². The standard InChI is InChI=1S/C17H17NO4S/c1-3-22-14-6-4-5-12(9-14)13-7-8-15-16(10-13)23(20,21)11(2)17(19)18-15/h4-11H,3H2,1-2H3,(H,18,19). The first-order chi connectivity index (χ1) is 10.9. The van der Waals surface area contributed by atoms with Crippen molar-refractivity contribution in [2.45, 2.75) is 24.0 Å². The Kier molecular flexibility index (Phi) is 3.85. The molecule has 5 nitrogen and oxygen atoms in total. The highest BCUT2D eigenvalue weighted by molar-refractivity contribution is 7.93. The Labute approximate surface area is 135 Å². The molecule has 1 aliphatic rings. The van der Waals surface area contributed by atoms with Crippen molar-refractivity contribution < 1.29 is 17.9 Å². The maximum absolute atomic E-state index is 12.5. The fraction of sp³-hybridized carbons (Fsp3) is 0.235. The fourth-order valence-corrected chi connectivity index (χ4v) is 3.98. The lowest BCUT2D eigenvalue weighted by Crippen LogP contribution is -2.37. The van der Waals surface area contributed by atoms with Gasteiger partial charge in [0.15, 0.2) is 9.84 Å². The minimum absolute atomic E-state index is 0.156. The highest BCUT2D eigenvalue weighted by Crippen LogP contribution is 2.34. The van der Waals surface area contributed by atoms with Crippen LogP contribution in [0.25, 0.3) is 11.1 Å². The van der Waals surface area contributed by atoms with Gasteiger partial charge in [-0.3, -0.25) is 4.79 Å². The van der Waals surface area contributed by atoms with Gasteiger partial charge in [0.2, 0.25) is 5.91 Å². The van der Waals surface area contributed by atoms with Crippen molar-refractivity contribution in [2.75, 3.05) is 11.9 Å². The van der Waals surface area contributed by atoms with Crippen LogP contribution >= 0.6 is 0 Å². The van der Waals surface area contributed by atoms with Crippen molar-refractivity contribution in [2.24, 2.45) is 0 Å². The minimum Gasteiger partial charge on any atom is -0.494 e. The van der Waals surface area contributed by atoms with Crippen LogP contribution in [0.2, 0.25) is 0 Å². The molecule has 3 rings (SSSR count). The summed E-state index contributed by atoms with van der Waals surface area (Å²) in [5.41, 5.74) is 1.95. The van der Waals surface area contributed by atoms with Gasteiger partial charge in [0.25, 0.3) is 0 Å². The Morgan fingerprint density at radius 2 is 1.87 bits per heavy atom. The molecule has 1 amide bonds. The highest BCUT2D eigenvalue weighted by atomic mass is 32.2. The molecule has 0 spiro atoms. The lowest BCUT2D eigenvalue weighted by Gasteiger charge is -2.22. The van der Waals surface area contributed by atoms with Gasteiger partial charge < -0.3 is 10.1 Å². The first kappa shape index (κ1) is 15.6. The van der Waals surface area contributed by atoms with Gasteiger partial charge in [-0.2, -0.15) is 0 Å². The van der Waals surface area contributed by atoms with Crippen molar-refractivity contribution in [3.63, 3.8) is 0 Å². The molecule has 0 saturated heterocycles. The maximum Gasteiger partial charge on any atom is 0.242 e. The zero-order chi connectivity index (χ0) is 16.6. The molecule has 0 saturated carbocycles. The van der Waals surface area contributed by atoms with E-state index < -0.39 is 21.0 Å². The molecule has 2 aromatic carbocycles. The van der Waals surface area contributed by atoms with E-state index in [9.17, 15) is 13.2 Å². The number of nitrogens with one attached hydrogen (secondary N) is 1. The van der Waals surface area contributed by atoms with E-state index in [0.29, 0.717) is 12.3 Å². The number of amides is 1. The second-order valence-electron chi connectivity index (χ2n) is 5.35. The van der Waals surface area contributed by atoms with Crippen molar-refractivity contribution in [1.82, 2.24) is 0 Å². The van der Waals surface area contributed by atoms with E-state index in [1.165, 1.54) is 6.92 Å². The summed E-state index contributed by atoms with van der Waals surface area (Å²) in [6, 6.07) is 12.5. The maximum atomic E-state index is 12.5. The van der Waals surface area contributed by atoms with Crippen LogP contribution in [0.5, 0.6) is 5.75 Å². The number of anilines is 1. The lowest BCUT2D eigenvalue weighted by atomic mass is 10.0. The summed E-state index contributed by atoms with van der Waals surface area (Å²) in [7, 11) is -3.66. The Bertz CT molecular complexity index is 874. The summed E-state index contributed by atoms with van der Waals surface area (Å²) in [6.07, 6.45) is 0. The Morgan fingerprint density at radius 3 is 2.61 bits per heavy atom. The Balaban J connectivity index is 2.10. The average molecular weight is 331 g/mol. The molecule has 0 aliphatic carbocycles. The SMILES string of the molecule is CCOc1cccc(-c2ccc3c(c2)S(=O)(=O)C(C)C(=O)N3)c1. The van der Waals surface area contributed by atoms with Crippen LogP contribution in [-0.2, 0) is 14.6 Å². The molecule has 0 aromatic heterocycles. The average Bonchev–Trinajstić information content (AvgIpc) is 2.53. The predicted molar refractivity (Wildman–Crippen MR) is 88.3 cm³/mol. The fourth-order valence-electron chi connectivity index (χ4n) is 2.54. The summed E-state index contributed by atoms with van der Waals surface area (Å²) < 4.78 is 30.4. The second kappa shape index (κ2) is 5.70. The summed E-state index contributed by atoms with van der Waals surface area (Å²) in [4.78, 5) is 11.9. The molecule has 0 radical (unpaired) electrons. The number of hydrogen-bond acceptors (Lipinski definition) is 4. The molecule has 0 fully saturated rings. The Morgan fingerprint density at radius 1 is 1.13 bits per heavy atom. The summed E-state index contributed by atoms with van der Waals surface area (Å²) in [6.45, 7) is 3.86. The van der Waals surface area contributed by atoms with Crippen LogP contribution < -0.4 is 10.1 Å². The van der Waals surface area contributed by atoms with Gasteiger partial charge in [0, 0.05) is 0 Å². The minimum atomic E-state index is -3.66. The first-order valence-corrected chi connectivity index (χ1v) is 8.90. The van der Waals surface area contributed by atoms with Crippen molar-refractivity contribution in [1.29, 1.82) is 0 Å². The van der Waals surface area contributed by atoms with E-state index in [1.54, 1.807) is 18.2 Å². The number of sulfone groups is 1. The van der Waals surface area contributed by atoms with Crippen LogP contribution in [0.3, 0.4) is 0 Å². The molecule has 23 heavy (non-hydrogen) atoms. The van der Waals surface area contributed by atoms with Crippen molar-refractivity contribution in [3.05, 3.63) is 42.5 Å². The van der Waals surface area contributed by atoms with Gasteiger partial charge in [0.05, 0.1) is 17.2 Å². The summed E-state index contributed by atoms with van der Waals surface area (Å²) >= 11 is 0. The zero-order valence-electron chi connectivity index (χ0n) is 12.9. The quantitative estimate of drug-likeness (QED) is 0.938. The number of carbonyl (C=O) groups is 1. The molecule has 120 valence electrons. The van der Waals surface area contributed by atoms with Crippen LogP contribution in [0.1, 0.15) is 13.8 Å². The van der Waals surface area contributed by atoms with E-state index >= 15 is 0 Å². The molecule has 1 aliphatic heterocycles. The zero-order valence-corrected chi connectivity index (χ0v) is 13.7. The van der Waals surface area contributed by atoms with E-state index in [-0.39, 0.29) is 4.90 Å². The molecule has 1 N–H and O–H groups in total.